The van der Waals surface area contributed by atoms with Gasteiger partial charge in [0.2, 0.25) is 15.9 Å². The van der Waals surface area contributed by atoms with Gasteiger partial charge in [-0.05, 0) is 32.1 Å². The summed E-state index contributed by atoms with van der Waals surface area (Å²) in [5.74, 6) is -0.390. The molecule has 30 heavy (non-hydrogen) atoms. The molecule has 0 atom stereocenters. The number of nitrogens with one attached hydrogen (secondary N) is 1. The maximum absolute atomic E-state index is 11.9. The van der Waals surface area contributed by atoms with Gasteiger partial charge in [0.25, 0.3) is 0 Å². The lowest BCUT2D eigenvalue weighted by atomic mass is 10.1. The Kier molecular flexibility index (Phi) is 20.9. The molecule has 0 radical (unpaired) electrons. The smallest absolute Gasteiger partial charge is 0.240 e. The number of carbonyl (C=O) groups is 1. The van der Waals surface area contributed by atoms with Crippen molar-refractivity contribution in [3.05, 3.63) is 12.2 Å². The van der Waals surface area contributed by atoms with Crippen molar-refractivity contribution in [2.24, 2.45) is 0 Å². The third-order valence-corrected chi connectivity index (χ3v) is 6.22. The summed E-state index contributed by atoms with van der Waals surface area (Å²) in [4.78, 5) is 11.8. The largest absolute Gasteiger partial charge is 1.00 e. The summed E-state index contributed by atoms with van der Waals surface area (Å²) in [7, 11) is 2.29. The van der Waals surface area contributed by atoms with E-state index in [1.165, 1.54) is 57.8 Å². The zero-order valence-electron chi connectivity index (χ0n) is 19.9. The number of carbonyl (C=O) groups excluding carboxylic acids is 1. The van der Waals surface area contributed by atoms with Gasteiger partial charge in [0.1, 0.15) is 5.75 Å². The Labute approximate surface area is 204 Å². The van der Waals surface area contributed by atoms with Crippen molar-refractivity contribution in [3.63, 3.8) is 0 Å². The molecular formula is C23H47IN2O3S. The van der Waals surface area contributed by atoms with Gasteiger partial charge in [-0.1, -0.05) is 70.4 Å². The highest BCUT2D eigenvalue weighted by molar-refractivity contribution is 7.90. The number of nitrogens with zero attached hydrogens (tertiary/aromatic N) is 1. The number of hydrogen-bond acceptors (Lipinski definition) is 3. The molecule has 0 aliphatic carbocycles. The van der Waals surface area contributed by atoms with Crippen molar-refractivity contribution in [1.82, 2.24) is 4.72 Å². The van der Waals surface area contributed by atoms with Crippen LogP contribution in [0.2, 0.25) is 0 Å². The summed E-state index contributed by atoms with van der Waals surface area (Å²) in [6.07, 6.45) is 20.6. The van der Waals surface area contributed by atoms with Crippen LogP contribution in [0, 0.1) is 0 Å². The fourth-order valence-corrected chi connectivity index (χ4v) is 4.36. The highest BCUT2D eigenvalue weighted by atomic mass is 127. The number of quaternary nitrogens is 1. The van der Waals surface area contributed by atoms with E-state index in [4.69, 9.17) is 0 Å². The number of halogens is 1. The fourth-order valence-electron chi connectivity index (χ4n) is 3.03. The standard InChI is InChI=1S/C23H46N2O3S.HI/c1-5-6-7-8-9-10-11-12-13-14-15-16-17-18-19-20-23(26)24-29(27,28)22-21-25(2,3)4;/h12-13H,5-11,14-22H2,1-4H3;1H/b13-12-;. The van der Waals surface area contributed by atoms with Crippen molar-refractivity contribution in [2.75, 3.05) is 33.4 Å². The maximum Gasteiger partial charge on any atom is 0.240 e. The molecule has 1 N–H and O–H groups in total. The van der Waals surface area contributed by atoms with Gasteiger partial charge >= 0.3 is 0 Å². The second-order valence-corrected chi connectivity index (χ2v) is 11.0. The Balaban J connectivity index is 0. The summed E-state index contributed by atoms with van der Waals surface area (Å²) in [6, 6.07) is 0. The summed E-state index contributed by atoms with van der Waals surface area (Å²) in [6.45, 7) is 2.73. The highest BCUT2D eigenvalue weighted by Gasteiger charge is 2.18. The average molecular weight is 559 g/mol. The van der Waals surface area contributed by atoms with Crippen LogP contribution in [-0.2, 0) is 14.8 Å². The van der Waals surface area contributed by atoms with Crippen LogP contribution in [0.15, 0.2) is 12.2 Å². The molecule has 0 heterocycles. The van der Waals surface area contributed by atoms with Crippen LogP contribution < -0.4 is 28.7 Å². The third kappa shape index (κ3) is 24.1. The van der Waals surface area contributed by atoms with Gasteiger partial charge in [0.15, 0.2) is 0 Å². The molecule has 0 aliphatic heterocycles. The van der Waals surface area contributed by atoms with E-state index in [2.05, 4.69) is 23.8 Å². The van der Waals surface area contributed by atoms with Crippen LogP contribution in [0.4, 0.5) is 0 Å². The van der Waals surface area contributed by atoms with Crippen LogP contribution >= 0.6 is 0 Å². The SMILES string of the molecule is CCCCCCCC/C=C\CCCCCCCC(=O)NS(=O)(=O)CC[N+](C)(C)C.[I-]. The molecule has 7 heteroatoms. The topological polar surface area (TPSA) is 63.2 Å². The Bertz CT molecular complexity index is 543. The molecule has 0 aromatic heterocycles. The summed E-state index contributed by atoms with van der Waals surface area (Å²) in [5.41, 5.74) is 0. The van der Waals surface area contributed by atoms with Gasteiger partial charge in [0, 0.05) is 6.42 Å². The fraction of sp³-hybridized carbons (Fsp3) is 0.870. The first-order chi connectivity index (χ1) is 13.7. The van der Waals surface area contributed by atoms with Crippen molar-refractivity contribution in [1.29, 1.82) is 0 Å². The second-order valence-electron chi connectivity index (χ2n) is 9.19. The Morgan fingerprint density at radius 2 is 1.27 bits per heavy atom. The minimum absolute atomic E-state index is 0. The van der Waals surface area contributed by atoms with E-state index in [0.29, 0.717) is 17.4 Å². The van der Waals surface area contributed by atoms with Gasteiger partial charge in [-0.15, -0.1) is 0 Å². The molecule has 180 valence electrons. The summed E-state index contributed by atoms with van der Waals surface area (Å²) < 4.78 is 26.6. The number of hydrogen-bond donors (Lipinski definition) is 1. The Hall–Kier alpha value is -0.150. The van der Waals surface area contributed by atoms with Gasteiger partial charge in [-0.25, -0.2) is 8.42 Å². The average Bonchev–Trinajstić information content (AvgIpc) is 2.62. The van der Waals surface area contributed by atoms with E-state index in [1.807, 2.05) is 21.1 Å². The minimum Gasteiger partial charge on any atom is -1.00 e. The van der Waals surface area contributed by atoms with E-state index in [1.54, 1.807) is 0 Å². The maximum atomic E-state index is 11.9. The molecule has 0 aromatic carbocycles. The minimum atomic E-state index is -3.51. The number of sulfonamides is 1. The number of allylic oxidation sites excluding steroid dienone is 2. The monoisotopic (exact) mass is 558 g/mol. The lowest BCUT2D eigenvalue weighted by Gasteiger charge is -2.23. The van der Waals surface area contributed by atoms with Crippen LogP contribution in [0.3, 0.4) is 0 Å². The second kappa shape index (κ2) is 19.5. The molecule has 0 unspecified atom stereocenters. The first-order valence-electron chi connectivity index (χ1n) is 11.6. The van der Waals surface area contributed by atoms with Crippen LogP contribution in [0.1, 0.15) is 96.8 Å². The first-order valence-corrected chi connectivity index (χ1v) is 13.3. The van der Waals surface area contributed by atoms with Crippen LogP contribution in [0.5, 0.6) is 0 Å². The van der Waals surface area contributed by atoms with Gasteiger partial charge in [0.05, 0.1) is 27.7 Å². The molecule has 0 aromatic rings. The van der Waals surface area contributed by atoms with Gasteiger partial charge < -0.3 is 28.5 Å². The molecule has 1 amide bonds. The Morgan fingerprint density at radius 1 is 0.800 bits per heavy atom. The van der Waals surface area contributed by atoms with E-state index in [0.717, 1.165) is 25.7 Å². The van der Waals surface area contributed by atoms with Crippen LogP contribution in [0.25, 0.3) is 0 Å². The van der Waals surface area contributed by atoms with E-state index >= 15 is 0 Å². The molecule has 5 nitrogen and oxygen atoms in total. The van der Waals surface area contributed by atoms with E-state index in [9.17, 15) is 13.2 Å². The van der Waals surface area contributed by atoms with Gasteiger partial charge in [-0.2, -0.15) is 0 Å². The number of rotatable bonds is 19. The normalized spacial score (nSPS) is 12.1. The predicted molar refractivity (Wildman–Crippen MR) is 124 cm³/mol. The molecule has 0 saturated heterocycles. The van der Waals surface area contributed by atoms with Gasteiger partial charge in [-0.3, -0.25) is 9.52 Å². The van der Waals surface area contributed by atoms with E-state index < -0.39 is 10.0 Å². The van der Waals surface area contributed by atoms with Crippen molar-refractivity contribution < 1.29 is 41.7 Å². The van der Waals surface area contributed by atoms with Crippen LogP contribution in [-0.4, -0.2) is 52.2 Å². The molecule has 0 bridgehead atoms. The Morgan fingerprint density at radius 3 is 1.77 bits per heavy atom. The summed E-state index contributed by atoms with van der Waals surface area (Å²) >= 11 is 0. The van der Waals surface area contributed by atoms with Crippen molar-refractivity contribution in [2.45, 2.75) is 96.8 Å². The zero-order valence-corrected chi connectivity index (χ0v) is 22.9. The number of amides is 1. The number of unbranched alkanes of at least 4 members (excludes halogenated alkanes) is 11. The lowest BCUT2D eigenvalue weighted by Crippen LogP contribution is -3.00. The molecule has 0 saturated carbocycles. The van der Waals surface area contributed by atoms with Crippen molar-refractivity contribution in [3.8, 4) is 0 Å². The molecular weight excluding hydrogens is 511 g/mol. The lowest BCUT2D eigenvalue weighted by molar-refractivity contribution is -0.867. The third-order valence-electron chi connectivity index (χ3n) is 4.97. The summed E-state index contributed by atoms with van der Waals surface area (Å²) in [5, 5.41) is 0. The predicted octanol–water partition coefficient (Wildman–Crippen LogP) is 2.18. The zero-order chi connectivity index (χ0) is 22.0. The molecule has 0 aliphatic rings. The van der Waals surface area contributed by atoms with E-state index in [-0.39, 0.29) is 35.6 Å². The first kappa shape index (κ1) is 32.0. The molecule has 0 fully saturated rings. The molecule has 0 rings (SSSR count). The molecule has 0 spiro atoms. The quantitative estimate of drug-likeness (QED) is 0.115. The highest BCUT2D eigenvalue weighted by Crippen LogP contribution is 2.10. The van der Waals surface area contributed by atoms with Crippen molar-refractivity contribution >= 4 is 15.9 Å².